The second kappa shape index (κ2) is 9.09. The lowest BCUT2D eigenvalue weighted by Crippen LogP contribution is -2.49. The summed E-state index contributed by atoms with van der Waals surface area (Å²) in [5, 5.41) is 15.6. The highest BCUT2D eigenvalue weighted by Crippen LogP contribution is 2.27. The van der Waals surface area contributed by atoms with Crippen molar-refractivity contribution in [2.24, 2.45) is 7.05 Å². The van der Waals surface area contributed by atoms with E-state index in [0.717, 1.165) is 11.3 Å². The number of rotatable bonds is 6. The molecule has 3 heterocycles. The van der Waals surface area contributed by atoms with Crippen molar-refractivity contribution in [1.29, 1.82) is 0 Å². The first-order valence-electron chi connectivity index (χ1n) is 11.7. The maximum Gasteiger partial charge on any atom is 0.281 e. The van der Waals surface area contributed by atoms with Gasteiger partial charge in [-0.1, -0.05) is 51.1 Å². The van der Waals surface area contributed by atoms with Crippen molar-refractivity contribution >= 4 is 16.9 Å². The standard InChI is InChI=1S/C25H33N5O3/c1-17(2)23-21-22(27-28(23)4)24(32)30(16-26-21)15-25(33)10-12-29(13-11-25)20(31)14-18(3)19-8-6-5-7-9-19/h5-9,16-18,33H,10-15H2,1-4H3. The Balaban J connectivity index is 1.42. The number of piperidine rings is 1. The SMILES string of the molecule is CC(C)c1c2ncn(CC3(O)CCN(C(=O)CC(C)c4ccccc4)CC3)c(=O)c2nn1C. The summed E-state index contributed by atoms with van der Waals surface area (Å²) < 4.78 is 3.16. The summed E-state index contributed by atoms with van der Waals surface area (Å²) in [4.78, 5) is 32.2. The first-order chi connectivity index (χ1) is 15.7. The van der Waals surface area contributed by atoms with Gasteiger partial charge in [0.1, 0.15) is 5.52 Å². The predicted octanol–water partition coefficient (Wildman–Crippen LogP) is 2.80. The number of fused-ring (bicyclic) bond motifs is 1. The van der Waals surface area contributed by atoms with Crippen LogP contribution in [0.4, 0.5) is 0 Å². The molecule has 4 rings (SSSR count). The normalized spacial score (nSPS) is 17.0. The van der Waals surface area contributed by atoms with Crippen LogP contribution in [0.5, 0.6) is 0 Å². The van der Waals surface area contributed by atoms with Crippen LogP contribution in [0.25, 0.3) is 11.0 Å². The van der Waals surface area contributed by atoms with Crippen LogP contribution in [0, 0.1) is 0 Å². The van der Waals surface area contributed by atoms with Gasteiger partial charge >= 0.3 is 0 Å². The van der Waals surface area contributed by atoms with Gasteiger partial charge in [0.25, 0.3) is 5.56 Å². The molecule has 0 bridgehead atoms. The molecule has 1 amide bonds. The number of aliphatic hydroxyl groups is 1. The van der Waals surface area contributed by atoms with Gasteiger partial charge in [-0.2, -0.15) is 5.10 Å². The number of hydrogen-bond acceptors (Lipinski definition) is 5. The van der Waals surface area contributed by atoms with Crippen LogP contribution in [0.2, 0.25) is 0 Å². The first kappa shape index (κ1) is 23.2. The number of amides is 1. The van der Waals surface area contributed by atoms with Crippen LogP contribution >= 0.6 is 0 Å². The van der Waals surface area contributed by atoms with Gasteiger partial charge in [-0.3, -0.25) is 18.8 Å². The van der Waals surface area contributed by atoms with Crippen molar-refractivity contribution in [2.45, 2.75) is 64.0 Å². The van der Waals surface area contributed by atoms with E-state index in [9.17, 15) is 14.7 Å². The molecule has 1 aromatic carbocycles. The van der Waals surface area contributed by atoms with Gasteiger partial charge in [0.2, 0.25) is 5.91 Å². The fourth-order valence-corrected chi connectivity index (χ4v) is 4.81. The zero-order chi connectivity index (χ0) is 23.8. The van der Waals surface area contributed by atoms with E-state index in [1.54, 1.807) is 4.68 Å². The minimum Gasteiger partial charge on any atom is -0.388 e. The molecule has 1 aliphatic rings. The Hall–Kier alpha value is -3.00. The zero-order valence-corrected chi connectivity index (χ0v) is 19.9. The molecule has 0 aliphatic carbocycles. The summed E-state index contributed by atoms with van der Waals surface area (Å²) in [6.45, 7) is 7.24. The maximum absolute atomic E-state index is 13.0. The number of nitrogens with zero attached hydrogens (tertiary/aromatic N) is 5. The number of likely N-dealkylation sites (tertiary alicyclic amines) is 1. The third-order valence-electron chi connectivity index (χ3n) is 6.76. The number of carbonyl (C=O) groups is 1. The quantitative estimate of drug-likeness (QED) is 0.622. The van der Waals surface area contributed by atoms with Gasteiger partial charge < -0.3 is 10.0 Å². The van der Waals surface area contributed by atoms with Crippen molar-refractivity contribution in [3.63, 3.8) is 0 Å². The van der Waals surface area contributed by atoms with Crippen molar-refractivity contribution in [3.05, 3.63) is 58.3 Å². The minimum absolute atomic E-state index is 0.100. The van der Waals surface area contributed by atoms with Crippen LogP contribution in [0.1, 0.15) is 63.1 Å². The van der Waals surface area contributed by atoms with E-state index < -0.39 is 5.60 Å². The molecule has 8 heteroatoms. The lowest BCUT2D eigenvalue weighted by molar-refractivity contribution is -0.136. The van der Waals surface area contributed by atoms with E-state index in [1.165, 1.54) is 10.9 Å². The van der Waals surface area contributed by atoms with Gasteiger partial charge in [0, 0.05) is 26.6 Å². The molecule has 1 N–H and O–H groups in total. The fraction of sp³-hybridized carbons (Fsp3) is 0.520. The molecule has 1 unspecified atom stereocenters. The van der Waals surface area contributed by atoms with Crippen LogP contribution in [-0.4, -0.2) is 53.9 Å². The molecule has 8 nitrogen and oxygen atoms in total. The molecule has 2 aromatic heterocycles. The van der Waals surface area contributed by atoms with E-state index in [1.807, 2.05) is 56.1 Å². The molecule has 176 valence electrons. The summed E-state index contributed by atoms with van der Waals surface area (Å²) in [6, 6.07) is 10.0. The average Bonchev–Trinajstić information content (AvgIpc) is 3.13. The monoisotopic (exact) mass is 451 g/mol. The highest BCUT2D eigenvalue weighted by molar-refractivity contribution is 5.77. The Labute approximate surface area is 193 Å². The number of aromatic nitrogens is 4. The summed E-state index contributed by atoms with van der Waals surface area (Å²) in [5.74, 6) is 0.437. The van der Waals surface area contributed by atoms with Gasteiger partial charge in [0.05, 0.1) is 24.2 Å². The largest absolute Gasteiger partial charge is 0.388 e. The second-order valence-electron chi connectivity index (χ2n) is 9.66. The molecular weight excluding hydrogens is 418 g/mol. The molecule has 1 fully saturated rings. The molecular formula is C25H33N5O3. The third-order valence-corrected chi connectivity index (χ3v) is 6.76. The highest BCUT2D eigenvalue weighted by Gasteiger charge is 2.35. The predicted molar refractivity (Wildman–Crippen MR) is 127 cm³/mol. The van der Waals surface area contributed by atoms with Gasteiger partial charge in [-0.15, -0.1) is 0 Å². The number of hydrogen-bond donors (Lipinski definition) is 1. The topological polar surface area (TPSA) is 93.2 Å². The van der Waals surface area contributed by atoms with E-state index in [0.29, 0.717) is 43.4 Å². The van der Waals surface area contributed by atoms with E-state index >= 15 is 0 Å². The molecule has 1 atom stereocenters. The lowest BCUT2D eigenvalue weighted by Gasteiger charge is -2.38. The summed E-state index contributed by atoms with van der Waals surface area (Å²) in [7, 11) is 1.82. The van der Waals surface area contributed by atoms with Crippen LogP contribution < -0.4 is 5.56 Å². The van der Waals surface area contributed by atoms with Crippen LogP contribution in [-0.2, 0) is 18.4 Å². The molecule has 0 radical (unpaired) electrons. The average molecular weight is 452 g/mol. The van der Waals surface area contributed by atoms with Crippen LogP contribution in [0.15, 0.2) is 41.5 Å². The number of carbonyl (C=O) groups excluding carboxylic acids is 1. The van der Waals surface area contributed by atoms with Crippen molar-refractivity contribution in [1.82, 2.24) is 24.2 Å². The fourth-order valence-electron chi connectivity index (χ4n) is 4.81. The molecule has 1 saturated heterocycles. The Kier molecular flexibility index (Phi) is 6.38. The summed E-state index contributed by atoms with van der Waals surface area (Å²) in [5.41, 5.74) is 1.72. The second-order valence-corrected chi connectivity index (χ2v) is 9.66. The maximum atomic E-state index is 13.0. The molecule has 0 saturated carbocycles. The molecule has 0 spiro atoms. The van der Waals surface area contributed by atoms with Crippen molar-refractivity contribution in [3.8, 4) is 0 Å². The Morgan fingerprint density at radius 3 is 2.42 bits per heavy atom. The number of benzene rings is 1. The molecule has 1 aliphatic heterocycles. The zero-order valence-electron chi connectivity index (χ0n) is 19.9. The van der Waals surface area contributed by atoms with E-state index in [-0.39, 0.29) is 29.8 Å². The summed E-state index contributed by atoms with van der Waals surface area (Å²) in [6.07, 6.45) is 2.79. The Morgan fingerprint density at radius 1 is 1.12 bits per heavy atom. The molecule has 33 heavy (non-hydrogen) atoms. The third kappa shape index (κ3) is 4.71. The lowest BCUT2D eigenvalue weighted by atomic mass is 9.90. The number of aryl methyl sites for hydroxylation is 1. The van der Waals surface area contributed by atoms with E-state index in [2.05, 4.69) is 17.0 Å². The van der Waals surface area contributed by atoms with Gasteiger partial charge in [0.15, 0.2) is 5.52 Å². The highest BCUT2D eigenvalue weighted by atomic mass is 16.3. The molecule has 3 aromatic rings. The Bertz CT molecular complexity index is 1190. The van der Waals surface area contributed by atoms with Crippen molar-refractivity contribution < 1.29 is 9.90 Å². The van der Waals surface area contributed by atoms with Gasteiger partial charge in [-0.25, -0.2) is 4.98 Å². The smallest absolute Gasteiger partial charge is 0.281 e. The minimum atomic E-state index is -1.06. The van der Waals surface area contributed by atoms with E-state index in [4.69, 9.17) is 0 Å². The Morgan fingerprint density at radius 2 is 1.79 bits per heavy atom. The summed E-state index contributed by atoms with van der Waals surface area (Å²) >= 11 is 0. The first-order valence-corrected chi connectivity index (χ1v) is 11.7. The van der Waals surface area contributed by atoms with Crippen molar-refractivity contribution in [2.75, 3.05) is 13.1 Å². The van der Waals surface area contributed by atoms with Crippen LogP contribution in [0.3, 0.4) is 0 Å². The van der Waals surface area contributed by atoms with Gasteiger partial charge in [-0.05, 0) is 30.2 Å².